The SMILES string of the molecule is CN1C(=O)COC(c2ccc(NC(=O)c3cnccn3)cc2)C1CO. The van der Waals surface area contributed by atoms with Crippen molar-refractivity contribution < 1.29 is 19.4 Å². The predicted octanol–water partition coefficient (Wildman–Crippen LogP) is 0.619. The number of carbonyl (C=O) groups excluding carboxylic acids is 2. The first kappa shape index (κ1) is 17.0. The number of hydrogen-bond acceptors (Lipinski definition) is 6. The molecule has 3 rings (SSSR count). The molecule has 1 fully saturated rings. The van der Waals surface area contributed by atoms with Gasteiger partial charge in [-0.25, -0.2) is 4.98 Å². The number of rotatable bonds is 4. The van der Waals surface area contributed by atoms with E-state index in [4.69, 9.17) is 4.74 Å². The van der Waals surface area contributed by atoms with Crippen LogP contribution < -0.4 is 5.32 Å². The molecule has 2 N–H and O–H groups in total. The number of ether oxygens (including phenoxy) is 1. The molecule has 2 aromatic rings. The third-order valence-electron chi connectivity index (χ3n) is 4.11. The van der Waals surface area contributed by atoms with Gasteiger partial charge in [0.05, 0.1) is 18.8 Å². The normalized spacial score (nSPS) is 20.4. The molecule has 1 saturated heterocycles. The van der Waals surface area contributed by atoms with Gasteiger partial charge in [0.25, 0.3) is 5.91 Å². The van der Waals surface area contributed by atoms with Crippen LogP contribution in [0.4, 0.5) is 5.69 Å². The lowest BCUT2D eigenvalue weighted by molar-refractivity contribution is -0.157. The van der Waals surface area contributed by atoms with E-state index in [9.17, 15) is 14.7 Å². The number of hydrogen-bond donors (Lipinski definition) is 2. The van der Waals surface area contributed by atoms with E-state index >= 15 is 0 Å². The first-order valence-electron chi connectivity index (χ1n) is 7.75. The Morgan fingerprint density at radius 1 is 1.36 bits per heavy atom. The van der Waals surface area contributed by atoms with Crippen LogP contribution in [0.25, 0.3) is 0 Å². The van der Waals surface area contributed by atoms with Crippen molar-refractivity contribution in [2.24, 2.45) is 0 Å². The predicted molar refractivity (Wildman–Crippen MR) is 88.8 cm³/mol. The molecule has 25 heavy (non-hydrogen) atoms. The van der Waals surface area contributed by atoms with E-state index in [1.807, 2.05) is 0 Å². The Balaban J connectivity index is 1.72. The van der Waals surface area contributed by atoms with Crippen LogP contribution in [0.1, 0.15) is 22.2 Å². The van der Waals surface area contributed by atoms with Crippen LogP contribution in [0.3, 0.4) is 0 Å². The van der Waals surface area contributed by atoms with Gasteiger partial charge in [0.2, 0.25) is 5.91 Å². The summed E-state index contributed by atoms with van der Waals surface area (Å²) in [5.41, 5.74) is 1.64. The van der Waals surface area contributed by atoms with Gasteiger partial charge in [-0.05, 0) is 17.7 Å². The Hall–Kier alpha value is -2.84. The summed E-state index contributed by atoms with van der Waals surface area (Å²) < 4.78 is 5.58. The van der Waals surface area contributed by atoms with Crippen molar-refractivity contribution in [3.05, 3.63) is 54.1 Å². The highest BCUT2D eigenvalue weighted by Gasteiger charge is 2.34. The Bertz CT molecular complexity index is 751. The highest BCUT2D eigenvalue weighted by molar-refractivity contribution is 6.02. The van der Waals surface area contributed by atoms with E-state index < -0.39 is 12.1 Å². The highest BCUT2D eigenvalue weighted by Crippen LogP contribution is 2.29. The number of anilines is 1. The van der Waals surface area contributed by atoms with Crippen LogP contribution in [-0.2, 0) is 9.53 Å². The maximum Gasteiger partial charge on any atom is 0.275 e. The number of benzene rings is 1. The van der Waals surface area contributed by atoms with Crippen molar-refractivity contribution in [2.45, 2.75) is 12.1 Å². The first-order chi connectivity index (χ1) is 12.1. The zero-order valence-electron chi connectivity index (χ0n) is 13.6. The minimum atomic E-state index is -0.443. The molecular formula is C17H18N4O4. The number of nitrogens with one attached hydrogen (secondary N) is 1. The van der Waals surface area contributed by atoms with Crippen LogP contribution in [0.5, 0.6) is 0 Å². The summed E-state index contributed by atoms with van der Waals surface area (Å²) in [6.45, 7) is -0.221. The van der Waals surface area contributed by atoms with Crippen molar-refractivity contribution in [1.82, 2.24) is 14.9 Å². The molecule has 8 heteroatoms. The number of aromatic nitrogens is 2. The number of aliphatic hydroxyl groups excluding tert-OH is 1. The van der Waals surface area contributed by atoms with E-state index in [0.717, 1.165) is 5.56 Å². The third-order valence-corrected chi connectivity index (χ3v) is 4.11. The second kappa shape index (κ2) is 7.37. The molecule has 2 atom stereocenters. The van der Waals surface area contributed by atoms with Gasteiger partial charge >= 0.3 is 0 Å². The summed E-state index contributed by atoms with van der Waals surface area (Å²) in [5, 5.41) is 12.3. The largest absolute Gasteiger partial charge is 0.394 e. The summed E-state index contributed by atoms with van der Waals surface area (Å²) in [6.07, 6.45) is 3.91. The van der Waals surface area contributed by atoms with Crippen molar-refractivity contribution in [3.63, 3.8) is 0 Å². The highest BCUT2D eigenvalue weighted by atomic mass is 16.5. The average Bonchev–Trinajstić information content (AvgIpc) is 2.65. The molecular weight excluding hydrogens is 324 g/mol. The van der Waals surface area contributed by atoms with E-state index in [-0.39, 0.29) is 30.7 Å². The Morgan fingerprint density at radius 2 is 2.12 bits per heavy atom. The van der Waals surface area contributed by atoms with Gasteiger partial charge in [0, 0.05) is 25.1 Å². The summed E-state index contributed by atoms with van der Waals surface area (Å²) >= 11 is 0. The summed E-state index contributed by atoms with van der Waals surface area (Å²) in [7, 11) is 1.65. The van der Waals surface area contributed by atoms with E-state index in [2.05, 4.69) is 15.3 Å². The van der Waals surface area contributed by atoms with Crippen molar-refractivity contribution in [1.29, 1.82) is 0 Å². The topological polar surface area (TPSA) is 105 Å². The van der Waals surface area contributed by atoms with Gasteiger partial charge in [0.1, 0.15) is 18.4 Å². The molecule has 1 aliphatic rings. The number of aliphatic hydroxyl groups is 1. The number of carbonyl (C=O) groups is 2. The fraction of sp³-hybridized carbons (Fsp3) is 0.294. The molecule has 2 heterocycles. The first-order valence-corrected chi connectivity index (χ1v) is 7.75. The molecule has 130 valence electrons. The molecule has 0 saturated carbocycles. The number of nitrogens with zero attached hydrogens (tertiary/aromatic N) is 3. The van der Waals surface area contributed by atoms with Gasteiger partial charge < -0.3 is 20.1 Å². The fourth-order valence-electron chi connectivity index (χ4n) is 2.67. The lowest BCUT2D eigenvalue weighted by Crippen LogP contribution is -2.50. The zero-order chi connectivity index (χ0) is 17.8. The van der Waals surface area contributed by atoms with E-state index in [0.29, 0.717) is 5.69 Å². The number of amides is 2. The van der Waals surface area contributed by atoms with Crippen molar-refractivity contribution in [3.8, 4) is 0 Å². The molecule has 0 aliphatic carbocycles. The summed E-state index contributed by atoms with van der Waals surface area (Å²) in [5.74, 6) is -0.517. The van der Waals surface area contributed by atoms with Gasteiger partial charge in [-0.2, -0.15) is 0 Å². The molecule has 0 bridgehead atoms. The van der Waals surface area contributed by atoms with Crippen molar-refractivity contribution >= 4 is 17.5 Å². The van der Waals surface area contributed by atoms with Crippen LogP contribution in [0.15, 0.2) is 42.9 Å². The van der Waals surface area contributed by atoms with Crippen LogP contribution >= 0.6 is 0 Å². The molecule has 1 aliphatic heterocycles. The van der Waals surface area contributed by atoms with Gasteiger partial charge in [-0.3, -0.25) is 14.6 Å². The molecule has 8 nitrogen and oxygen atoms in total. The molecule has 2 unspecified atom stereocenters. The van der Waals surface area contributed by atoms with E-state index in [1.54, 1.807) is 31.3 Å². The number of likely N-dealkylation sites (N-methyl/N-ethyl adjacent to an activating group) is 1. The summed E-state index contributed by atoms with van der Waals surface area (Å²) in [4.78, 5) is 33.0. The van der Waals surface area contributed by atoms with Crippen LogP contribution in [-0.4, -0.2) is 58.1 Å². The van der Waals surface area contributed by atoms with Crippen LogP contribution in [0, 0.1) is 0 Å². The molecule has 2 amide bonds. The van der Waals surface area contributed by atoms with E-state index in [1.165, 1.54) is 23.5 Å². The molecule has 1 aromatic heterocycles. The Morgan fingerprint density at radius 3 is 2.76 bits per heavy atom. The zero-order valence-corrected chi connectivity index (χ0v) is 13.6. The lowest BCUT2D eigenvalue weighted by atomic mass is 9.99. The lowest BCUT2D eigenvalue weighted by Gasteiger charge is -2.38. The average molecular weight is 342 g/mol. The molecule has 0 radical (unpaired) electrons. The summed E-state index contributed by atoms with van der Waals surface area (Å²) in [6, 6.07) is 6.61. The third kappa shape index (κ3) is 3.65. The maximum atomic E-state index is 12.1. The van der Waals surface area contributed by atoms with Gasteiger partial charge in [-0.1, -0.05) is 12.1 Å². The second-order valence-corrected chi connectivity index (χ2v) is 5.65. The molecule has 1 aromatic carbocycles. The Labute approximate surface area is 144 Å². The quantitative estimate of drug-likeness (QED) is 0.844. The minimum absolute atomic E-state index is 0.0250. The minimum Gasteiger partial charge on any atom is -0.394 e. The van der Waals surface area contributed by atoms with Crippen molar-refractivity contribution in [2.75, 3.05) is 25.6 Å². The molecule has 0 spiro atoms. The van der Waals surface area contributed by atoms with Gasteiger partial charge in [-0.15, -0.1) is 0 Å². The smallest absolute Gasteiger partial charge is 0.275 e. The fourth-order valence-corrected chi connectivity index (χ4v) is 2.67. The maximum absolute atomic E-state index is 12.1. The monoisotopic (exact) mass is 342 g/mol. The van der Waals surface area contributed by atoms with Crippen LogP contribution in [0.2, 0.25) is 0 Å². The number of morpholine rings is 1. The second-order valence-electron chi connectivity index (χ2n) is 5.65. The Kier molecular flexibility index (Phi) is 5.01. The standard InChI is InChI=1S/C17H18N4O4/c1-21-14(9-22)16(25-10-15(21)23)11-2-4-12(5-3-11)20-17(24)13-8-18-6-7-19-13/h2-8,14,16,22H,9-10H2,1H3,(H,20,24). The van der Waals surface area contributed by atoms with Gasteiger partial charge in [0.15, 0.2) is 0 Å².